The summed E-state index contributed by atoms with van der Waals surface area (Å²) < 4.78 is 1.35. The fourth-order valence-electron chi connectivity index (χ4n) is 2.74. The zero-order valence-corrected chi connectivity index (χ0v) is 13.6. The molecular weight excluding hydrogens is 266 g/mol. The van der Waals surface area contributed by atoms with Crippen molar-refractivity contribution in [3.63, 3.8) is 0 Å². The average molecular weight is 291 g/mol. The fourth-order valence-corrected chi connectivity index (χ4v) is 3.72. The van der Waals surface area contributed by atoms with Crippen molar-refractivity contribution in [3.8, 4) is 0 Å². The molecule has 0 spiro atoms. The number of hydrazine groups is 1. The minimum Gasteiger partial charge on any atom is -0.302 e. The van der Waals surface area contributed by atoms with Gasteiger partial charge < -0.3 is 4.90 Å². The highest BCUT2D eigenvalue weighted by atomic mass is 32.1. The van der Waals surface area contributed by atoms with Crippen LogP contribution in [0.5, 0.6) is 0 Å². The Morgan fingerprint density at radius 3 is 2.65 bits per heavy atom. The molecule has 1 aromatic heterocycles. The first kappa shape index (κ1) is 15.4. The van der Waals surface area contributed by atoms with Crippen LogP contribution in [0.2, 0.25) is 0 Å². The Hall–Kier alpha value is -0.940. The molecule has 0 bridgehead atoms. The highest BCUT2D eigenvalue weighted by Gasteiger charge is 2.34. The molecular formula is C16H25N3S. The monoisotopic (exact) mass is 291 g/mol. The molecule has 3 nitrogen and oxygen atoms in total. The molecule has 1 heterocycles. The number of benzene rings is 1. The predicted molar refractivity (Wildman–Crippen MR) is 89.0 cm³/mol. The van der Waals surface area contributed by atoms with Gasteiger partial charge in [0, 0.05) is 16.3 Å². The van der Waals surface area contributed by atoms with Gasteiger partial charge in [0.15, 0.2) is 0 Å². The minimum atomic E-state index is 0.0395. The van der Waals surface area contributed by atoms with Gasteiger partial charge in [-0.3, -0.25) is 11.3 Å². The molecule has 110 valence electrons. The smallest absolute Gasteiger partial charge is 0.0432 e. The van der Waals surface area contributed by atoms with Crippen LogP contribution in [0.4, 0.5) is 0 Å². The predicted octanol–water partition coefficient (Wildman–Crippen LogP) is 3.01. The van der Waals surface area contributed by atoms with E-state index in [2.05, 4.69) is 67.9 Å². The van der Waals surface area contributed by atoms with E-state index < -0.39 is 0 Å². The maximum atomic E-state index is 5.86. The van der Waals surface area contributed by atoms with Crippen LogP contribution in [-0.4, -0.2) is 30.6 Å². The largest absolute Gasteiger partial charge is 0.302 e. The molecule has 1 aromatic carbocycles. The maximum absolute atomic E-state index is 5.86. The third-order valence-electron chi connectivity index (χ3n) is 4.67. The molecule has 0 amide bonds. The Labute approximate surface area is 125 Å². The topological polar surface area (TPSA) is 41.3 Å². The maximum Gasteiger partial charge on any atom is 0.0432 e. The van der Waals surface area contributed by atoms with Gasteiger partial charge in [0.1, 0.15) is 0 Å². The summed E-state index contributed by atoms with van der Waals surface area (Å²) in [6, 6.07) is 8.80. The van der Waals surface area contributed by atoms with Crippen LogP contribution < -0.4 is 11.3 Å². The first-order chi connectivity index (χ1) is 9.52. The van der Waals surface area contributed by atoms with Crippen LogP contribution in [0.1, 0.15) is 25.8 Å². The van der Waals surface area contributed by atoms with Gasteiger partial charge >= 0.3 is 0 Å². The van der Waals surface area contributed by atoms with Gasteiger partial charge in [-0.25, -0.2) is 0 Å². The number of nitrogens with zero attached hydrogens (tertiary/aromatic N) is 1. The van der Waals surface area contributed by atoms with E-state index in [4.69, 9.17) is 5.84 Å². The second kappa shape index (κ2) is 6.22. The SMILES string of the molecule is CCC(C)(C(Cc1csc2ccccc12)NN)N(C)C. The fraction of sp³-hybridized carbons (Fsp3) is 0.500. The quantitative estimate of drug-likeness (QED) is 0.635. The van der Waals surface area contributed by atoms with Crippen LogP contribution in [0, 0.1) is 0 Å². The summed E-state index contributed by atoms with van der Waals surface area (Å²) in [5, 5.41) is 3.62. The molecule has 2 rings (SSSR count). The second-order valence-corrected chi connectivity index (χ2v) is 6.70. The number of hydrogen-bond acceptors (Lipinski definition) is 4. The number of likely N-dealkylation sites (N-methyl/N-ethyl adjacent to an activating group) is 1. The van der Waals surface area contributed by atoms with Gasteiger partial charge in [-0.1, -0.05) is 25.1 Å². The average Bonchev–Trinajstić information content (AvgIpc) is 2.87. The standard InChI is InChI=1S/C16H25N3S/c1-5-16(2,19(3)4)15(18-17)10-12-11-20-14-9-7-6-8-13(12)14/h6-9,11,15,18H,5,10,17H2,1-4H3. The number of rotatable bonds is 6. The number of nitrogens with one attached hydrogen (secondary N) is 1. The molecule has 0 aliphatic carbocycles. The summed E-state index contributed by atoms with van der Waals surface area (Å²) in [4.78, 5) is 2.27. The Morgan fingerprint density at radius 1 is 1.35 bits per heavy atom. The molecule has 2 unspecified atom stereocenters. The first-order valence-electron chi connectivity index (χ1n) is 7.11. The second-order valence-electron chi connectivity index (χ2n) is 5.79. The third-order valence-corrected chi connectivity index (χ3v) is 5.69. The van der Waals surface area contributed by atoms with Crippen molar-refractivity contribution >= 4 is 21.4 Å². The van der Waals surface area contributed by atoms with Crippen molar-refractivity contribution < 1.29 is 0 Å². The van der Waals surface area contributed by atoms with Gasteiger partial charge in [0.2, 0.25) is 0 Å². The van der Waals surface area contributed by atoms with Gasteiger partial charge in [0.25, 0.3) is 0 Å². The molecule has 3 N–H and O–H groups in total. The van der Waals surface area contributed by atoms with E-state index in [0.29, 0.717) is 0 Å². The van der Waals surface area contributed by atoms with Crippen LogP contribution in [0.3, 0.4) is 0 Å². The zero-order chi connectivity index (χ0) is 14.8. The van der Waals surface area contributed by atoms with Crippen molar-refractivity contribution in [2.24, 2.45) is 5.84 Å². The van der Waals surface area contributed by atoms with E-state index in [1.807, 2.05) is 11.3 Å². The van der Waals surface area contributed by atoms with Crippen molar-refractivity contribution in [1.82, 2.24) is 10.3 Å². The number of nitrogens with two attached hydrogens (primary N) is 1. The Kier molecular flexibility index (Phi) is 4.81. The van der Waals surface area contributed by atoms with E-state index in [9.17, 15) is 0 Å². The minimum absolute atomic E-state index is 0.0395. The van der Waals surface area contributed by atoms with E-state index >= 15 is 0 Å². The number of fused-ring (bicyclic) bond motifs is 1. The number of hydrogen-bond donors (Lipinski definition) is 2. The summed E-state index contributed by atoms with van der Waals surface area (Å²) in [7, 11) is 4.25. The van der Waals surface area contributed by atoms with Crippen molar-refractivity contribution in [1.29, 1.82) is 0 Å². The van der Waals surface area contributed by atoms with Crippen LogP contribution in [-0.2, 0) is 6.42 Å². The molecule has 2 aromatic rings. The van der Waals surface area contributed by atoms with Gasteiger partial charge in [0.05, 0.1) is 0 Å². The molecule has 2 atom stereocenters. The molecule has 4 heteroatoms. The first-order valence-corrected chi connectivity index (χ1v) is 7.99. The Bertz CT molecular complexity index is 564. The van der Waals surface area contributed by atoms with Gasteiger partial charge in [-0.15, -0.1) is 11.3 Å². The molecule has 20 heavy (non-hydrogen) atoms. The van der Waals surface area contributed by atoms with Crippen molar-refractivity contribution in [2.75, 3.05) is 14.1 Å². The van der Waals surface area contributed by atoms with Crippen LogP contribution in [0.15, 0.2) is 29.6 Å². The molecule has 0 radical (unpaired) electrons. The molecule has 0 aliphatic heterocycles. The van der Waals surface area contributed by atoms with Crippen molar-refractivity contribution in [3.05, 3.63) is 35.2 Å². The summed E-state index contributed by atoms with van der Waals surface area (Å²) in [5.41, 5.74) is 4.46. The van der Waals surface area contributed by atoms with E-state index in [0.717, 1.165) is 12.8 Å². The highest BCUT2D eigenvalue weighted by Crippen LogP contribution is 2.30. The molecule has 0 saturated heterocycles. The summed E-state index contributed by atoms with van der Waals surface area (Å²) in [5.74, 6) is 5.86. The lowest BCUT2D eigenvalue weighted by molar-refractivity contribution is 0.113. The Morgan fingerprint density at radius 2 is 2.05 bits per heavy atom. The molecule has 0 aliphatic rings. The van der Waals surface area contributed by atoms with Gasteiger partial charge in [-0.2, -0.15) is 0 Å². The highest BCUT2D eigenvalue weighted by molar-refractivity contribution is 7.17. The molecule has 0 fully saturated rings. The van der Waals surface area contributed by atoms with Gasteiger partial charge in [-0.05, 0) is 56.3 Å². The lowest BCUT2D eigenvalue weighted by Crippen LogP contribution is -2.59. The lowest BCUT2D eigenvalue weighted by Gasteiger charge is -2.42. The number of thiophene rings is 1. The normalized spacial score (nSPS) is 16.5. The van der Waals surface area contributed by atoms with Crippen LogP contribution >= 0.6 is 11.3 Å². The van der Waals surface area contributed by atoms with Crippen LogP contribution in [0.25, 0.3) is 10.1 Å². The zero-order valence-electron chi connectivity index (χ0n) is 12.8. The van der Waals surface area contributed by atoms with Crippen molar-refractivity contribution in [2.45, 2.75) is 38.3 Å². The van der Waals surface area contributed by atoms with E-state index in [1.165, 1.54) is 15.6 Å². The van der Waals surface area contributed by atoms with E-state index in [-0.39, 0.29) is 11.6 Å². The summed E-state index contributed by atoms with van der Waals surface area (Å²) in [6.07, 6.45) is 2.00. The summed E-state index contributed by atoms with van der Waals surface area (Å²) in [6.45, 7) is 4.49. The molecule has 0 saturated carbocycles. The van der Waals surface area contributed by atoms with E-state index in [1.54, 1.807) is 0 Å². The third kappa shape index (κ3) is 2.74. The Balaban J connectivity index is 2.30. The summed E-state index contributed by atoms with van der Waals surface area (Å²) >= 11 is 1.81. The lowest BCUT2D eigenvalue weighted by atomic mass is 9.84.